The second kappa shape index (κ2) is 4.49. The van der Waals surface area contributed by atoms with Crippen LogP contribution in [-0.4, -0.2) is 10.2 Å². The molecular formula is C16H10F2O2. The maximum absolute atomic E-state index is 13.8. The molecule has 0 aliphatic carbocycles. The minimum absolute atomic E-state index is 0.150. The first-order valence-electron chi connectivity index (χ1n) is 5.96. The number of phenolic OH excluding ortho intramolecular Hbond substituents is 2. The smallest absolute Gasteiger partial charge is 0.172 e. The number of rotatable bonds is 1. The molecule has 20 heavy (non-hydrogen) atoms. The molecule has 0 atom stereocenters. The summed E-state index contributed by atoms with van der Waals surface area (Å²) in [6, 6.07) is 11.4. The molecule has 0 radical (unpaired) electrons. The van der Waals surface area contributed by atoms with E-state index < -0.39 is 17.4 Å². The molecule has 2 nitrogen and oxygen atoms in total. The molecule has 0 amide bonds. The van der Waals surface area contributed by atoms with Crippen molar-refractivity contribution in [2.45, 2.75) is 0 Å². The molecule has 0 aromatic heterocycles. The van der Waals surface area contributed by atoms with Gasteiger partial charge in [-0.2, -0.15) is 0 Å². The van der Waals surface area contributed by atoms with Gasteiger partial charge < -0.3 is 10.2 Å². The molecule has 2 N–H and O–H groups in total. The second-order valence-electron chi connectivity index (χ2n) is 4.50. The molecule has 0 unspecified atom stereocenters. The van der Waals surface area contributed by atoms with Crippen molar-refractivity contribution in [1.29, 1.82) is 0 Å². The van der Waals surface area contributed by atoms with Gasteiger partial charge in [-0.15, -0.1) is 0 Å². The highest BCUT2D eigenvalue weighted by atomic mass is 19.1. The average Bonchev–Trinajstić information content (AvgIpc) is 2.43. The topological polar surface area (TPSA) is 40.5 Å². The predicted octanol–water partition coefficient (Wildman–Crippen LogP) is 4.20. The second-order valence-corrected chi connectivity index (χ2v) is 4.50. The number of phenols is 2. The van der Waals surface area contributed by atoms with E-state index in [-0.39, 0.29) is 11.1 Å². The maximum atomic E-state index is 13.8. The Bertz CT molecular complexity index is 813. The lowest BCUT2D eigenvalue weighted by Gasteiger charge is -2.07. The molecule has 0 fully saturated rings. The minimum atomic E-state index is -0.694. The van der Waals surface area contributed by atoms with E-state index >= 15 is 0 Å². The molecule has 0 bridgehead atoms. The summed E-state index contributed by atoms with van der Waals surface area (Å²) in [5.74, 6) is -1.81. The number of aromatic hydroxyl groups is 2. The quantitative estimate of drug-likeness (QED) is 0.697. The fourth-order valence-corrected chi connectivity index (χ4v) is 2.19. The monoisotopic (exact) mass is 272 g/mol. The van der Waals surface area contributed by atoms with E-state index in [1.807, 2.05) is 0 Å². The normalized spacial score (nSPS) is 10.9. The first-order chi connectivity index (χ1) is 9.56. The van der Waals surface area contributed by atoms with Crippen LogP contribution in [0, 0.1) is 11.6 Å². The van der Waals surface area contributed by atoms with Crippen LogP contribution in [0.3, 0.4) is 0 Å². The fraction of sp³-hybridized carbons (Fsp3) is 0. The number of halogens is 2. The molecular weight excluding hydrogens is 262 g/mol. The van der Waals surface area contributed by atoms with Crippen LogP contribution in [0.15, 0.2) is 48.5 Å². The van der Waals surface area contributed by atoms with Crippen molar-refractivity contribution < 1.29 is 19.0 Å². The van der Waals surface area contributed by atoms with Gasteiger partial charge in [-0.05, 0) is 35.2 Å². The zero-order chi connectivity index (χ0) is 14.3. The van der Waals surface area contributed by atoms with Gasteiger partial charge in [0.15, 0.2) is 11.6 Å². The summed E-state index contributed by atoms with van der Waals surface area (Å²) in [6.45, 7) is 0. The van der Waals surface area contributed by atoms with E-state index in [0.29, 0.717) is 16.5 Å². The van der Waals surface area contributed by atoms with Gasteiger partial charge in [0.05, 0.1) is 0 Å². The molecule has 0 saturated carbocycles. The van der Waals surface area contributed by atoms with Crippen LogP contribution in [0.5, 0.6) is 11.5 Å². The molecule has 0 aliphatic heterocycles. The number of benzene rings is 3. The molecule has 0 spiro atoms. The van der Waals surface area contributed by atoms with Crippen LogP contribution >= 0.6 is 0 Å². The first kappa shape index (κ1) is 12.4. The van der Waals surface area contributed by atoms with Crippen LogP contribution in [-0.2, 0) is 0 Å². The van der Waals surface area contributed by atoms with Gasteiger partial charge in [0.1, 0.15) is 11.6 Å². The molecule has 100 valence electrons. The predicted molar refractivity (Wildman–Crippen MR) is 72.6 cm³/mol. The number of fused-ring (bicyclic) bond motifs is 1. The molecule has 0 aliphatic rings. The summed E-state index contributed by atoms with van der Waals surface area (Å²) in [7, 11) is 0. The Kier molecular flexibility index (Phi) is 2.79. The molecule has 0 saturated heterocycles. The minimum Gasteiger partial charge on any atom is -0.508 e. The van der Waals surface area contributed by atoms with Crippen LogP contribution < -0.4 is 0 Å². The van der Waals surface area contributed by atoms with Crippen molar-refractivity contribution in [2.24, 2.45) is 0 Å². The highest BCUT2D eigenvalue weighted by Gasteiger charge is 2.10. The van der Waals surface area contributed by atoms with E-state index in [4.69, 9.17) is 0 Å². The fourth-order valence-electron chi connectivity index (χ4n) is 2.19. The summed E-state index contributed by atoms with van der Waals surface area (Å²) in [5.41, 5.74) is 0.887. The van der Waals surface area contributed by atoms with E-state index in [1.54, 1.807) is 18.2 Å². The van der Waals surface area contributed by atoms with Gasteiger partial charge in [0.2, 0.25) is 0 Å². The van der Waals surface area contributed by atoms with Gasteiger partial charge in [0, 0.05) is 17.0 Å². The zero-order valence-corrected chi connectivity index (χ0v) is 10.3. The van der Waals surface area contributed by atoms with Gasteiger partial charge in [-0.3, -0.25) is 0 Å². The molecule has 0 heterocycles. The van der Waals surface area contributed by atoms with E-state index in [9.17, 15) is 19.0 Å². The zero-order valence-electron chi connectivity index (χ0n) is 10.3. The standard InChI is InChI=1S/C16H10F2O2/c17-14-8-11(19)3-5-12(14)9-1-4-13-10(7-9)2-6-15(20)16(13)18/h1-8,19-20H. The van der Waals surface area contributed by atoms with Crippen molar-refractivity contribution in [2.75, 3.05) is 0 Å². The summed E-state index contributed by atoms with van der Waals surface area (Å²) < 4.78 is 27.5. The summed E-state index contributed by atoms with van der Waals surface area (Å²) in [4.78, 5) is 0. The molecule has 3 rings (SSSR count). The van der Waals surface area contributed by atoms with Crippen LogP contribution in [0.2, 0.25) is 0 Å². The van der Waals surface area contributed by atoms with Gasteiger partial charge >= 0.3 is 0 Å². The van der Waals surface area contributed by atoms with Gasteiger partial charge in [-0.1, -0.05) is 18.2 Å². The largest absolute Gasteiger partial charge is 0.508 e. The first-order valence-corrected chi connectivity index (χ1v) is 5.96. The average molecular weight is 272 g/mol. The molecule has 3 aromatic carbocycles. The van der Waals surface area contributed by atoms with Crippen molar-refractivity contribution >= 4 is 10.8 Å². The van der Waals surface area contributed by atoms with Crippen molar-refractivity contribution in [3.05, 3.63) is 60.2 Å². The Morgan fingerprint density at radius 2 is 1.60 bits per heavy atom. The SMILES string of the molecule is Oc1ccc(-c2ccc3c(F)c(O)ccc3c2)c(F)c1. The van der Waals surface area contributed by atoms with Crippen molar-refractivity contribution in [1.82, 2.24) is 0 Å². The third-order valence-corrected chi connectivity index (χ3v) is 3.20. The Labute approximate surface area is 113 Å². The highest BCUT2D eigenvalue weighted by molar-refractivity contribution is 5.89. The highest BCUT2D eigenvalue weighted by Crippen LogP contribution is 2.31. The lowest BCUT2D eigenvalue weighted by molar-refractivity contribution is 0.436. The van der Waals surface area contributed by atoms with Gasteiger partial charge in [0.25, 0.3) is 0 Å². The summed E-state index contributed by atoms with van der Waals surface area (Å²) >= 11 is 0. The van der Waals surface area contributed by atoms with E-state index in [1.165, 1.54) is 24.3 Å². The van der Waals surface area contributed by atoms with Crippen LogP contribution in [0.1, 0.15) is 0 Å². The lowest BCUT2D eigenvalue weighted by atomic mass is 10.0. The van der Waals surface area contributed by atoms with Crippen molar-refractivity contribution in [3.8, 4) is 22.6 Å². The van der Waals surface area contributed by atoms with Crippen molar-refractivity contribution in [3.63, 3.8) is 0 Å². The maximum Gasteiger partial charge on any atom is 0.172 e. The van der Waals surface area contributed by atoms with E-state index in [0.717, 1.165) is 6.07 Å². The van der Waals surface area contributed by atoms with Crippen LogP contribution in [0.25, 0.3) is 21.9 Å². The Morgan fingerprint density at radius 3 is 2.35 bits per heavy atom. The Hall–Kier alpha value is -2.62. The van der Waals surface area contributed by atoms with Gasteiger partial charge in [-0.25, -0.2) is 8.78 Å². The summed E-state index contributed by atoms with van der Waals surface area (Å²) in [5, 5.41) is 19.4. The molecule has 3 aromatic rings. The lowest BCUT2D eigenvalue weighted by Crippen LogP contribution is -1.86. The van der Waals surface area contributed by atoms with Crippen LogP contribution in [0.4, 0.5) is 8.78 Å². The number of hydrogen-bond acceptors (Lipinski definition) is 2. The Balaban J connectivity index is 2.21. The third kappa shape index (κ3) is 1.95. The number of hydrogen-bond donors (Lipinski definition) is 2. The summed E-state index contributed by atoms with van der Waals surface area (Å²) in [6.07, 6.45) is 0. The molecule has 4 heteroatoms. The van der Waals surface area contributed by atoms with E-state index in [2.05, 4.69) is 0 Å². The Morgan fingerprint density at radius 1 is 0.800 bits per heavy atom. The third-order valence-electron chi connectivity index (χ3n) is 3.20.